The zero-order valence-corrected chi connectivity index (χ0v) is 15.8. The summed E-state index contributed by atoms with van der Waals surface area (Å²) < 4.78 is 40.1. The van der Waals surface area contributed by atoms with Crippen LogP contribution < -0.4 is 16.4 Å². The minimum atomic E-state index is -1.52. The molecular formula is C19H21F3N6O. The Kier molecular flexibility index (Phi) is 5.90. The van der Waals surface area contributed by atoms with Gasteiger partial charge in [0.05, 0.1) is 0 Å². The number of halogens is 3. The van der Waals surface area contributed by atoms with Gasteiger partial charge < -0.3 is 11.5 Å². The smallest absolute Gasteiger partial charge is 0.251 e. The Morgan fingerprint density at radius 2 is 1.97 bits per heavy atom. The lowest BCUT2D eigenvalue weighted by molar-refractivity contribution is -0.123. The van der Waals surface area contributed by atoms with E-state index in [1.54, 1.807) is 6.92 Å². The molecule has 154 valence electrons. The van der Waals surface area contributed by atoms with Crippen LogP contribution in [0.25, 0.3) is 5.57 Å². The van der Waals surface area contributed by atoms with Crippen molar-refractivity contribution in [1.29, 1.82) is 0 Å². The highest BCUT2D eigenvalue weighted by atomic mass is 19.2. The second-order valence-corrected chi connectivity index (χ2v) is 6.82. The monoisotopic (exact) mass is 406 g/mol. The van der Waals surface area contributed by atoms with Gasteiger partial charge in [-0.3, -0.25) is 14.8 Å². The molecule has 29 heavy (non-hydrogen) atoms. The summed E-state index contributed by atoms with van der Waals surface area (Å²) in [5.74, 6) is -4.33. The van der Waals surface area contributed by atoms with Gasteiger partial charge in [-0.2, -0.15) is 4.98 Å². The van der Waals surface area contributed by atoms with E-state index in [-0.39, 0.29) is 23.8 Å². The number of nitrogens with one attached hydrogen (secondary N) is 1. The van der Waals surface area contributed by atoms with Crippen molar-refractivity contribution in [1.82, 2.24) is 15.2 Å². The highest BCUT2D eigenvalue weighted by Crippen LogP contribution is 2.27. The first kappa shape index (κ1) is 20.4. The van der Waals surface area contributed by atoms with Crippen LogP contribution in [-0.4, -0.2) is 27.6 Å². The molecule has 1 amide bonds. The third-order valence-electron chi connectivity index (χ3n) is 4.89. The Morgan fingerprint density at radius 3 is 2.59 bits per heavy atom. The van der Waals surface area contributed by atoms with Crippen LogP contribution in [0.5, 0.6) is 0 Å². The van der Waals surface area contributed by atoms with E-state index in [9.17, 15) is 18.0 Å². The van der Waals surface area contributed by atoms with E-state index in [1.807, 2.05) is 0 Å². The quantitative estimate of drug-likeness (QED) is 0.521. The lowest BCUT2D eigenvalue weighted by atomic mass is 9.90. The Balaban J connectivity index is 1.80. The van der Waals surface area contributed by atoms with Gasteiger partial charge in [0, 0.05) is 24.2 Å². The number of nitrogens with two attached hydrogens (primary N) is 2. The van der Waals surface area contributed by atoms with E-state index >= 15 is 0 Å². The molecule has 0 bridgehead atoms. The summed E-state index contributed by atoms with van der Waals surface area (Å²) in [4.78, 5) is 18.7. The number of H-pyrrole nitrogens is 1. The SMILES string of the molecule is CC(=C/N)/C(=C\N)c1nc(N2CCCC(Cc3cc(F)c(F)c(F)c3)C2=O)n[nH]1. The predicted octanol–water partition coefficient (Wildman–Crippen LogP) is 2.37. The number of hydrogen-bond donors (Lipinski definition) is 3. The molecule has 0 spiro atoms. The molecule has 10 heteroatoms. The first-order chi connectivity index (χ1) is 13.8. The van der Waals surface area contributed by atoms with Crippen molar-refractivity contribution in [2.45, 2.75) is 26.2 Å². The number of aromatic nitrogens is 3. The molecule has 0 radical (unpaired) electrons. The van der Waals surface area contributed by atoms with Crippen molar-refractivity contribution in [3.63, 3.8) is 0 Å². The van der Waals surface area contributed by atoms with Crippen LogP contribution in [0.2, 0.25) is 0 Å². The maximum Gasteiger partial charge on any atom is 0.251 e. The normalized spacial score (nSPS) is 18.4. The number of nitrogens with zero attached hydrogens (tertiary/aromatic N) is 3. The highest BCUT2D eigenvalue weighted by Gasteiger charge is 2.32. The summed E-state index contributed by atoms with van der Waals surface area (Å²) in [5, 5.41) is 6.83. The summed E-state index contributed by atoms with van der Waals surface area (Å²) >= 11 is 0. The van der Waals surface area contributed by atoms with Crippen LogP contribution in [0.4, 0.5) is 19.1 Å². The summed E-state index contributed by atoms with van der Waals surface area (Å²) in [6.45, 7) is 2.16. The zero-order valence-electron chi connectivity index (χ0n) is 15.8. The lowest BCUT2D eigenvalue weighted by Crippen LogP contribution is -2.42. The molecule has 7 nitrogen and oxygen atoms in total. The molecule has 1 aromatic carbocycles. The molecule has 0 saturated carbocycles. The molecule has 1 aromatic heterocycles. The van der Waals surface area contributed by atoms with Gasteiger partial charge in [-0.15, -0.1) is 5.10 Å². The number of piperidine rings is 1. The number of benzene rings is 1. The second-order valence-electron chi connectivity index (χ2n) is 6.82. The number of anilines is 1. The maximum absolute atomic E-state index is 13.5. The van der Waals surface area contributed by atoms with Crippen LogP contribution in [-0.2, 0) is 11.2 Å². The lowest BCUT2D eigenvalue weighted by Gasteiger charge is -2.30. The van der Waals surface area contributed by atoms with Crippen LogP contribution in [0, 0.1) is 23.4 Å². The van der Waals surface area contributed by atoms with Gasteiger partial charge in [-0.1, -0.05) is 0 Å². The molecule has 2 aromatic rings. The van der Waals surface area contributed by atoms with E-state index in [4.69, 9.17) is 11.5 Å². The van der Waals surface area contributed by atoms with Gasteiger partial charge in [0.15, 0.2) is 23.3 Å². The minimum Gasteiger partial charge on any atom is -0.404 e. The van der Waals surface area contributed by atoms with Gasteiger partial charge in [0.25, 0.3) is 5.95 Å². The first-order valence-corrected chi connectivity index (χ1v) is 9.04. The molecule has 3 rings (SSSR count). The molecule has 0 aliphatic carbocycles. The molecular weight excluding hydrogens is 385 g/mol. The third-order valence-corrected chi connectivity index (χ3v) is 4.89. The van der Waals surface area contributed by atoms with E-state index in [2.05, 4.69) is 15.2 Å². The van der Waals surface area contributed by atoms with Crippen LogP contribution in [0.1, 0.15) is 31.2 Å². The summed E-state index contributed by atoms with van der Waals surface area (Å²) in [5.41, 5.74) is 12.6. The maximum atomic E-state index is 13.5. The molecule has 1 unspecified atom stereocenters. The van der Waals surface area contributed by atoms with Crippen molar-refractivity contribution < 1.29 is 18.0 Å². The van der Waals surface area contributed by atoms with Crippen molar-refractivity contribution in [2.24, 2.45) is 17.4 Å². The Labute approximate surface area is 165 Å². The number of carbonyl (C=O) groups is 1. The number of allylic oxidation sites excluding steroid dienone is 2. The largest absolute Gasteiger partial charge is 0.404 e. The highest BCUT2D eigenvalue weighted by molar-refractivity contribution is 5.94. The van der Waals surface area contributed by atoms with Crippen LogP contribution >= 0.6 is 0 Å². The third kappa shape index (κ3) is 4.10. The standard InChI is InChI=1S/C19H21F3N6O/c1-10(8-23)13(9-24)17-25-19(27-26-17)28-4-2-3-12(18(28)29)5-11-6-14(20)16(22)15(21)7-11/h6-9,12H,2-5,23-24H2,1H3,(H,25,26,27)/b10-8-,13-9+. The van der Waals surface area contributed by atoms with E-state index in [0.29, 0.717) is 36.4 Å². The molecule has 5 N–H and O–H groups in total. The van der Waals surface area contributed by atoms with Crippen molar-refractivity contribution in [3.05, 3.63) is 58.9 Å². The van der Waals surface area contributed by atoms with Gasteiger partial charge in [-0.25, -0.2) is 13.2 Å². The molecule has 1 aliphatic heterocycles. The molecule has 1 saturated heterocycles. The molecule has 1 atom stereocenters. The topological polar surface area (TPSA) is 114 Å². The van der Waals surface area contributed by atoms with E-state index in [0.717, 1.165) is 12.1 Å². The number of carbonyl (C=O) groups excluding carboxylic acids is 1. The van der Waals surface area contributed by atoms with Gasteiger partial charge in [0.2, 0.25) is 5.91 Å². The summed E-state index contributed by atoms with van der Waals surface area (Å²) in [6, 6.07) is 1.82. The van der Waals surface area contributed by atoms with Gasteiger partial charge in [-0.05, 0) is 55.7 Å². The number of amides is 1. The number of rotatable bonds is 5. The Bertz CT molecular complexity index is 961. The van der Waals surface area contributed by atoms with E-state index in [1.165, 1.54) is 17.3 Å². The summed E-state index contributed by atoms with van der Waals surface area (Å²) in [6.07, 6.45) is 4.00. The number of hydrogen-bond acceptors (Lipinski definition) is 5. The zero-order chi connectivity index (χ0) is 21.1. The van der Waals surface area contributed by atoms with Crippen molar-refractivity contribution >= 4 is 17.4 Å². The Hall–Kier alpha value is -3.30. The molecule has 1 fully saturated rings. The molecule has 2 heterocycles. The Morgan fingerprint density at radius 1 is 1.28 bits per heavy atom. The average molecular weight is 406 g/mol. The fourth-order valence-electron chi connectivity index (χ4n) is 3.33. The van der Waals surface area contributed by atoms with Crippen molar-refractivity contribution in [3.8, 4) is 0 Å². The minimum absolute atomic E-state index is 0.0870. The second kappa shape index (κ2) is 8.38. The van der Waals surface area contributed by atoms with Crippen LogP contribution in [0.15, 0.2) is 30.1 Å². The predicted molar refractivity (Wildman–Crippen MR) is 102 cm³/mol. The first-order valence-electron chi connectivity index (χ1n) is 9.04. The summed E-state index contributed by atoms with van der Waals surface area (Å²) in [7, 11) is 0. The van der Waals surface area contributed by atoms with Crippen LogP contribution in [0.3, 0.4) is 0 Å². The van der Waals surface area contributed by atoms with E-state index < -0.39 is 23.4 Å². The fraction of sp³-hybridized carbons (Fsp3) is 0.316. The van der Waals surface area contributed by atoms with Crippen molar-refractivity contribution in [2.75, 3.05) is 11.4 Å². The molecule has 1 aliphatic rings. The number of aromatic amines is 1. The van der Waals surface area contributed by atoms with Gasteiger partial charge >= 0.3 is 0 Å². The van der Waals surface area contributed by atoms with Gasteiger partial charge in [0.1, 0.15) is 0 Å². The fourth-order valence-corrected chi connectivity index (χ4v) is 3.33. The average Bonchev–Trinajstić information content (AvgIpc) is 3.17.